The van der Waals surface area contributed by atoms with E-state index >= 15 is 0 Å². The topological polar surface area (TPSA) is 38.8 Å². The van der Waals surface area contributed by atoms with E-state index in [1.165, 1.54) is 0 Å². The van der Waals surface area contributed by atoms with E-state index in [4.69, 9.17) is 9.47 Å². The van der Waals surface area contributed by atoms with Gasteiger partial charge in [-0.3, -0.25) is 0 Å². The summed E-state index contributed by atoms with van der Waals surface area (Å²) in [6, 6.07) is 0. The number of carbonyl (C=O) groups excluding carboxylic acids is 1. The van der Waals surface area contributed by atoms with Gasteiger partial charge in [-0.15, -0.1) is 0 Å². The van der Waals surface area contributed by atoms with Gasteiger partial charge in [0.05, 0.1) is 12.7 Å². The fourth-order valence-electron chi connectivity index (χ4n) is 1.08. The summed E-state index contributed by atoms with van der Waals surface area (Å²) < 4.78 is 9.88. The first-order chi connectivity index (χ1) is 5.29. The molecule has 0 N–H and O–H groups in total. The van der Waals surface area contributed by atoms with Crippen molar-refractivity contribution in [1.82, 2.24) is 0 Å². The first-order valence-corrected chi connectivity index (χ1v) is 4.11. The summed E-state index contributed by atoms with van der Waals surface area (Å²) >= 11 is 0. The third-order valence-corrected chi connectivity index (χ3v) is 1.67. The normalized spacial score (nSPS) is 28.2. The molecule has 2 atom stereocenters. The molecule has 1 rings (SSSR count). The maximum Gasteiger partial charge on any atom is 0.337 e. The molecule has 1 heterocycles. The lowest BCUT2D eigenvalue weighted by Crippen LogP contribution is -2.13. The molecule has 1 fully saturated rings. The molecule has 11 heavy (non-hydrogen) atoms. The van der Waals surface area contributed by atoms with Gasteiger partial charge in [0.2, 0.25) is 0 Å². The van der Waals surface area contributed by atoms with Crippen LogP contribution in [0.15, 0.2) is 0 Å². The lowest BCUT2D eigenvalue weighted by molar-refractivity contribution is -0.144. The van der Waals surface area contributed by atoms with Crippen molar-refractivity contribution in [2.75, 3.05) is 6.61 Å². The van der Waals surface area contributed by atoms with Crippen LogP contribution in [0.3, 0.4) is 0 Å². The molecular weight excluding hydrogens is 144 g/mol. The van der Waals surface area contributed by atoms with Crippen LogP contribution in [0.1, 0.15) is 26.7 Å². The van der Waals surface area contributed by atoms with Gasteiger partial charge in [0.25, 0.3) is 0 Å². The molecule has 0 unspecified atom stereocenters. The second kappa shape index (κ2) is 3.72. The zero-order valence-corrected chi connectivity index (χ0v) is 7.00. The quantitative estimate of drug-likeness (QED) is 0.454. The second-order valence-electron chi connectivity index (χ2n) is 2.64. The van der Waals surface area contributed by atoms with Gasteiger partial charge in [-0.25, -0.2) is 4.79 Å². The van der Waals surface area contributed by atoms with Crippen LogP contribution >= 0.6 is 0 Å². The first kappa shape index (κ1) is 8.53. The first-order valence-electron chi connectivity index (χ1n) is 4.11. The Morgan fingerprint density at radius 1 is 1.55 bits per heavy atom. The van der Waals surface area contributed by atoms with E-state index in [1.807, 2.05) is 0 Å². The summed E-state index contributed by atoms with van der Waals surface area (Å²) in [5, 5.41) is 0. The second-order valence-corrected chi connectivity index (χ2v) is 2.64. The molecule has 1 aliphatic rings. The minimum Gasteiger partial charge on any atom is -0.464 e. The zero-order valence-electron chi connectivity index (χ0n) is 7.00. The van der Waals surface area contributed by atoms with Gasteiger partial charge in [0.1, 0.15) is 0 Å². The fraction of sp³-hybridized carbons (Fsp3) is 0.875. The number of epoxide rings is 1. The van der Waals surface area contributed by atoms with Gasteiger partial charge in [-0.2, -0.15) is 0 Å². The minimum absolute atomic E-state index is 0.138. The standard InChI is InChI=1S/C8H14O3/c1-3-5-6-7(11-6)8(9)10-4-2/h6-7H,3-5H2,1-2H3/t6-,7+/m0/s1. The molecule has 64 valence electrons. The van der Waals surface area contributed by atoms with Crippen LogP contribution in [0, 0.1) is 0 Å². The van der Waals surface area contributed by atoms with Crippen molar-refractivity contribution in [1.29, 1.82) is 0 Å². The van der Waals surface area contributed by atoms with Crippen LogP contribution < -0.4 is 0 Å². The number of hydrogen-bond donors (Lipinski definition) is 0. The highest BCUT2D eigenvalue weighted by atomic mass is 16.6. The van der Waals surface area contributed by atoms with Crippen molar-refractivity contribution in [3.05, 3.63) is 0 Å². The minimum atomic E-state index is -0.255. The monoisotopic (exact) mass is 158 g/mol. The van der Waals surface area contributed by atoms with Gasteiger partial charge in [-0.1, -0.05) is 13.3 Å². The molecule has 0 aromatic rings. The third-order valence-electron chi connectivity index (χ3n) is 1.67. The van der Waals surface area contributed by atoms with Crippen molar-refractivity contribution in [2.45, 2.75) is 38.9 Å². The summed E-state index contributed by atoms with van der Waals surface area (Å²) in [7, 11) is 0. The van der Waals surface area contributed by atoms with E-state index in [2.05, 4.69) is 6.92 Å². The number of hydrogen-bond acceptors (Lipinski definition) is 3. The number of carbonyl (C=O) groups is 1. The number of rotatable bonds is 4. The number of esters is 1. The fourth-order valence-corrected chi connectivity index (χ4v) is 1.08. The summed E-state index contributed by atoms with van der Waals surface area (Å²) in [5.74, 6) is -0.203. The van der Waals surface area contributed by atoms with Crippen molar-refractivity contribution in [3.63, 3.8) is 0 Å². The Labute approximate surface area is 66.7 Å². The maximum absolute atomic E-state index is 10.9. The maximum atomic E-state index is 10.9. The Morgan fingerprint density at radius 3 is 2.82 bits per heavy atom. The van der Waals surface area contributed by atoms with E-state index in [0.717, 1.165) is 12.8 Å². The SMILES string of the molecule is CCC[C@@H]1O[C@H]1C(=O)OCC. The third kappa shape index (κ3) is 2.19. The molecule has 0 aromatic heterocycles. The Kier molecular flexibility index (Phi) is 2.88. The van der Waals surface area contributed by atoms with E-state index in [-0.39, 0.29) is 18.2 Å². The molecule has 1 saturated heterocycles. The van der Waals surface area contributed by atoms with Crippen LogP contribution in [0.4, 0.5) is 0 Å². The van der Waals surface area contributed by atoms with Crippen LogP contribution in [0.2, 0.25) is 0 Å². The van der Waals surface area contributed by atoms with Crippen molar-refractivity contribution >= 4 is 5.97 Å². The molecular formula is C8H14O3. The predicted molar refractivity (Wildman–Crippen MR) is 40.2 cm³/mol. The molecule has 0 aromatic carbocycles. The molecule has 3 heteroatoms. The molecule has 0 radical (unpaired) electrons. The van der Waals surface area contributed by atoms with E-state index < -0.39 is 0 Å². The smallest absolute Gasteiger partial charge is 0.337 e. The molecule has 0 spiro atoms. The van der Waals surface area contributed by atoms with Gasteiger partial charge in [0.15, 0.2) is 6.10 Å². The summed E-state index contributed by atoms with van der Waals surface area (Å²) in [5.41, 5.74) is 0. The van der Waals surface area contributed by atoms with Gasteiger partial charge < -0.3 is 9.47 Å². The molecule has 3 nitrogen and oxygen atoms in total. The summed E-state index contributed by atoms with van der Waals surface area (Å²) in [4.78, 5) is 10.9. The van der Waals surface area contributed by atoms with E-state index in [9.17, 15) is 4.79 Å². The molecule has 0 aliphatic carbocycles. The van der Waals surface area contributed by atoms with E-state index in [0.29, 0.717) is 6.61 Å². The highest BCUT2D eigenvalue weighted by Crippen LogP contribution is 2.27. The van der Waals surface area contributed by atoms with E-state index in [1.54, 1.807) is 6.92 Å². The van der Waals surface area contributed by atoms with Crippen molar-refractivity contribution in [2.24, 2.45) is 0 Å². The Hall–Kier alpha value is -0.570. The Bertz CT molecular complexity index is 144. The molecule has 0 saturated carbocycles. The Balaban J connectivity index is 2.15. The summed E-state index contributed by atoms with van der Waals surface area (Å²) in [6.45, 7) is 4.32. The van der Waals surface area contributed by atoms with Crippen molar-refractivity contribution in [3.8, 4) is 0 Å². The zero-order chi connectivity index (χ0) is 8.27. The lowest BCUT2D eigenvalue weighted by Gasteiger charge is -1.95. The van der Waals surface area contributed by atoms with Crippen LogP contribution in [0.5, 0.6) is 0 Å². The van der Waals surface area contributed by atoms with Gasteiger partial charge in [-0.05, 0) is 13.3 Å². The molecule has 0 amide bonds. The largest absolute Gasteiger partial charge is 0.464 e. The average molecular weight is 158 g/mol. The average Bonchev–Trinajstić information content (AvgIpc) is 2.69. The number of ether oxygens (including phenoxy) is 2. The van der Waals surface area contributed by atoms with Gasteiger partial charge >= 0.3 is 5.97 Å². The summed E-state index contributed by atoms with van der Waals surface area (Å²) in [6.07, 6.45) is 1.90. The van der Waals surface area contributed by atoms with Crippen LogP contribution in [0.25, 0.3) is 0 Å². The Morgan fingerprint density at radius 2 is 2.27 bits per heavy atom. The van der Waals surface area contributed by atoms with Crippen LogP contribution in [-0.4, -0.2) is 24.8 Å². The highest BCUT2D eigenvalue weighted by molar-refractivity contribution is 5.77. The van der Waals surface area contributed by atoms with Crippen LogP contribution in [-0.2, 0) is 14.3 Å². The molecule has 1 aliphatic heterocycles. The van der Waals surface area contributed by atoms with Crippen molar-refractivity contribution < 1.29 is 14.3 Å². The van der Waals surface area contributed by atoms with Gasteiger partial charge in [0, 0.05) is 0 Å². The lowest BCUT2D eigenvalue weighted by atomic mass is 10.2. The highest BCUT2D eigenvalue weighted by Gasteiger charge is 2.45. The molecule has 0 bridgehead atoms. The predicted octanol–water partition coefficient (Wildman–Crippen LogP) is 1.12.